The Bertz CT molecular complexity index is 1500. The smallest absolute Gasteiger partial charge is 0.256 e. The van der Waals surface area contributed by atoms with Crippen molar-refractivity contribution >= 4 is 28.4 Å². The highest BCUT2D eigenvalue weighted by Crippen LogP contribution is 2.33. The average molecular weight is 522 g/mol. The number of rotatable bonds is 3. The van der Waals surface area contributed by atoms with Crippen molar-refractivity contribution in [2.75, 3.05) is 18.0 Å². The largest absolute Gasteiger partial charge is 0.350 e. The molecule has 2 amide bonds. The maximum absolute atomic E-state index is 14.3. The number of hydrogen-bond donors (Lipinski definition) is 0. The molecule has 6 rings (SSSR count). The molecule has 39 heavy (non-hydrogen) atoms. The summed E-state index contributed by atoms with van der Waals surface area (Å²) in [7, 11) is 1.99. The topological polar surface area (TPSA) is 61.7 Å². The Hall–Kier alpha value is -3.97. The van der Waals surface area contributed by atoms with E-state index in [1.54, 1.807) is 13.1 Å². The molecule has 0 radical (unpaired) electrons. The van der Waals surface area contributed by atoms with E-state index in [0.717, 1.165) is 53.5 Å². The minimum atomic E-state index is 0.0278. The summed E-state index contributed by atoms with van der Waals surface area (Å²) in [6.45, 7) is 4.16. The lowest BCUT2D eigenvalue weighted by Crippen LogP contribution is -2.45. The molecule has 2 bridgehead atoms. The zero-order chi connectivity index (χ0) is 26.9. The van der Waals surface area contributed by atoms with Crippen LogP contribution in [0.3, 0.4) is 0 Å². The summed E-state index contributed by atoms with van der Waals surface area (Å²) in [5.41, 5.74) is 4.83. The summed E-state index contributed by atoms with van der Waals surface area (Å²) >= 11 is 0. The number of carbonyl (C=O) groups excluding carboxylic acids is 2. The number of para-hydroxylation sites is 2. The van der Waals surface area contributed by atoms with Gasteiger partial charge in [-0.05, 0) is 48.6 Å². The van der Waals surface area contributed by atoms with Gasteiger partial charge in [0, 0.05) is 87.4 Å². The van der Waals surface area contributed by atoms with E-state index in [-0.39, 0.29) is 17.9 Å². The van der Waals surface area contributed by atoms with Crippen LogP contribution in [0.2, 0.25) is 0 Å². The van der Waals surface area contributed by atoms with Crippen LogP contribution in [0.1, 0.15) is 47.7 Å². The highest BCUT2D eigenvalue weighted by molar-refractivity contribution is 6.07. The molecular weight excluding hydrogens is 486 g/mol. The van der Waals surface area contributed by atoms with Crippen molar-refractivity contribution in [3.05, 3.63) is 95.9 Å². The highest BCUT2D eigenvalue weighted by Gasteiger charge is 2.37. The minimum Gasteiger partial charge on any atom is -0.350 e. The first-order valence-electron chi connectivity index (χ1n) is 13.8. The van der Waals surface area contributed by atoms with E-state index in [1.165, 1.54) is 5.56 Å². The Morgan fingerprint density at radius 3 is 2.56 bits per heavy atom. The molecule has 0 aliphatic carbocycles. The van der Waals surface area contributed by atoms with Gasteiger partial charge in [0.05, 0.1) is 5.56 Å². The SMILES string of the molecule is CC(=O)N1CCC2CCC(CN(C(=O)c3cn(C)c4ccccc34)Cc3ccccc31)N2Cc1cccnc1. The second-order valence-electron chi connectivity index (χ2n) is 10.9. The van der Waals surface area contributed by atoms with Crippen molar-refractivity contribution in [2.24, 2.45) is 7.05 Å². The van der Waals surface area contributed by atoms with Gasteiger partial charge in [-0.2, -0.15) is 0 Å². The van der Waals surface area contributed by atoms with Gasteiger partial charge in [0.15, 0.2) is 0 Å². The fourth-order valence-electron chi connectivity index (χ4n) is 6.48. The molecule has 2 aliphatic rings. The molecule has 200 valence electrons. The molecule has 4 heterocycles. The van der Waals surface area contributed by atoms with Crippen molar-refractivity contribution in [3.8, 4) is 0 Å². The van der Waals surface area contributed by atoms with Gasteiger partial charge in [0.2, 0.25) is 5.91 Å². The van der Waals surface area contributed by atoms with Crippen LogP contribution in [0.15, 0.2) is 79.3 Å². The second-order valence-corrected chi connectivity index (χ2v) is 10.9. The van der Waals surface area contributed by atoms with E-state index >= 15 is 0 Å². The number of carbonyl (C=O) groups is 2. The van der Waals surface area contributed by atoms with Crippen LogP contribution in [0.4, 0.5) is 5.69 Å². The number of pyridine rings is 1. The van der Waals surface area contributed by atoms with Crippen LogP contribution in [0.25, 0.3) is 10.9 Å². The third kappa shape index (κ3) is 4.94. The molecular formula is C32H35N5O2. The Morgan fingerprint density at radius 2 is 1.74 bits per heavy atom. The Labute approximate surface area is 229 Å². The van der Waals surface area contributed by atoms with Crippen molar-refractivity contribution in [2.45, 2.75) is 51.4 Å². The van der Waals surface area contributed by atoms with Crippen LogP contribution in [0, 0.1) is 0 Å². The third-order valence-electron chi connectivity index (χ3n) is 8.41. The number of benzene rings is 2. The minimum absolute atomic E-state index is 0.0278. The summed E-state index contributed by atoms with van der Waals surface area (Å²) in [4.78, 5) is 38.0. The van der Waals surface area contributed by atoms with Gasteiger partial charge in [-0.15, -0.1) is 0 Å². The molecule has 7 heteroatoms. The summed E-state index contributed by atoms with van der Waals surface area (Å²) < 4.78 is 2.03. The Kier molecular flexibility index (Phi) is 6.92. The lowest BCUT2D eigenvalue weighted by Gasteiger charge is -2.33. The first-order chi connectivity index (χ1) is 19.0. The second kappa shape index (κ2) is 10.7. The fraction of sp³-hybridized carbons (Fsp3) is 0.344. The van der Waals surface area contributed by atoms with Crippen molar-refractivity contribution < 1.29 is 9.59 Å². The maximum Gasteiger partial charge on any atom is 0.256 e. The highest BCUT2D eigenvalue weighted by atomic mass is 16.2. The van der Waals surface area contributed by atoms with Crippen LogP contribution in [0.5, 0.6) is 0 Å². The zero-order valence-corrected chi connectivity index (χ0v) is 22.7. The quantitative estimate of drug-likeness (QED) is 0.381. The van der Waals surface area contributed by atoms with Gasteiger partial charge in [-0.1, -0.05) is 42.5 Å². The van der Waals surface area contributed by atoms with E-state index < -0.39 is 0 Å². The van der Waals surface area contributed by atoms with Gasteiger partial charge in [-0.3, -0.25) is 19.5 Å². The molecule has 0 spiro atoms. The number of aryl methyl sites for hydroxylation is 1. The van der Waals surface area contributed by atoms with E-state index in [4.69, 9.17) is 0 Å². The van der Waals surface area contributed by atoms with Crippen molar-refractivity contribution in [1.29, 1.82) is 0 Å². The fourth-order valence-corrected chi connectivity index (χ4v) is 6.48. The van der Waals surface area contributed by atoms with E-state index in [0.29, 0.717) is 25.7 Å². The number of anilines is 1. The molecule has 1 fully saturated rings. The van der Waals surface area contributed by atoms with Crippen LogP contribution in [-0.4, -0.2) is 56.3 Å². The predicted molar refractivity (Wildman–Crippen MR) is 153 cm³/mol. The number of amides is 2. The van der Waals surface area contributed by atoms with Gasteiger partial charge in [0.25, 0.3) is 5.91 Å². The standard InChI is InChI=1S/C32H35N5O2/c1-23(38)36-17-15-26-13-14-27(37(26)19-24-8-7-16-33-18-24)21-35(20-25-9-3-5-11-30(25)36)32(39)29-22-34(2)31-12-6-4-10-28(29)31/h3-12,16,18,22,26-27H,13-15,17,19-21H2,1-2H3. The molecule has 4 aromatic rings. The zero-order valence-electron chi connectivity index (χ0n) is 22.7. The number of aromatic nitrogens is 2. The van der Waals surface area contributed by atoms with Crippen LogP contribution < -0.4 is 4.90 Å². The normalized spacial score (nSPS) is 20.1. The molecule has 2 aliphatic heterocycles. The van der Waals surface area contributed by atoms with Crippen molar-refractivity contribution in [1.82, 2.24) is 19.4 Å². The van der Waals surface area contributed by atoms with Gasteiger partial charge in [-0.25, -0.2) is 0 Å². The monoisotopic (exact) mass is 521 g/mol. The molecule has 1 saturated heterocycles. The molecule has 7 nitrogen and oxygen atoms in total. The van der Waals surface area contributed by atoms with Crippen LogP contribution in [-0.2, 0) is 24.9 Å². The molecule has 2 aromatic heterocycles. The molecule has 2 atom stereocenters. The Balaban J connectivity index is 1.42. The molecule has 2 aromatic carbocycles. The van der Waals surface area contributed by atoms with E-state index in [1.807, 2.05) is 76.3 Å². The van der Waals surface area contributed by atoms with Crippen LogP contribution >= 0.6 is 0 Å². The lowest BCUT2D eigenvalue weighted by molar-refractivity contribution is -0.116. The average Bonchev–Trinajstić information content (AvgIpc) is 3.48. The summed E-state index contributed by atoms with van der Waals surface area (Å²) in [5.74, 6) is 0.0574. The van der Waals surface area contributed by atoms with Crippen molar-refractivity contribution in [3.63, 3.8) is 0 Å². The molecule has 0 saturated carbocycles. The van der Waals surface area contributed by atoms with E-state index in [2.05, 4.69) is 28.1 Å². The van der Waals surface area contributed by atoms with Gasteiger partial charge >= 0.3 is 0 Å². The lowest BCUT2D eigenvalue weighted by atomic mass is 10.1. The summed E-state index contributed by atoms with van der Waals surface area (Å²) in [6, 6.07) is 20.8. The first kappa shape index (κ1) is 25.3. The number of fused-ring (bicyclic) bond motifs is 4. The third-order valence-corrected chi connectivity index (χ3v) is 8.41. The maximum atomic E-state index is 14.3. The summed E-state index contributed by atoms with van der Waals surface area (Å²) in [5, 5.41) is 0.967. The predicted octanol–water partition coefficient (Wildman–Crippen LogP) is 5.01. The Morgan fingerprint density at radius 1 is 0.949 bits per heavy atom. The summed E-state index contributed by atoms with van der Waals surface area (Å²) in [6.07, 6.45) is 8.65. The van der Waals surface area contributed by atoms with Gasteiger partial charge < -0.3 is 14.4 Å². The molecule has 2 unspecified atom stereocenters. The first-order valence-corrected chi connectivity index (χ1v) is 13.8. The number of nitrogens with zero attached hydrogens (tertiary/aromatic N) is 5. The van der Waals surface area contributed by atoms with Gasteiger partial charge in [0.1, 0.15) is 0 Å². The molecule has 0 N–H and O–H groups in total. The van der Waals surface area contributed by atoms with E-state index in [9.17, 15) is 9.59 Å². The number of hydrogen-bond acceptors (Lipinski definition) is 4.